The zero-order chi connectivity index (χ0) is 19.9. The number of aliphatic carboxylic acids is 1. The lowest BCUT2D eigenvalue weighted by Gasteiger charge is -2.32. The number of aryl methyl sites for hydroxylation is 1. The lowest BCUT2D eigenvalue weighted by Crippen LogP contribution is -2.47. The first-order valence-electron chi connectivity index (χ1n) is 8.08. The Kier molecular flexibility index (Phi) is 7.76. The zero-order valence-electron chi connectivity index (χ0n) is 14.9. The third-order valence-corrected chi connectivity index (χ3v) is 5.61. The molecule has 0 aliphatic carbocycles. The smallest absolute Gasteiger partial charge is 0.303 e. The summed E-state index contributed by atoms with van der Waals surface area (Å²) < 4.78 is 31.4. The van der Waals surface area contributed by atoms with E-state index in [0.717, 1.165) is 12.5 Å². The third-order valence-electron chi connectivity index (χ3n) is 3.83. The molecular weight excluding hydrogens is 362 g/mol. The molecule has 0 aliphatic rings. The van der Waals surface area contributed by atoms with E-state index in [1.54, 1.807) is 26.0 Å². The monoisotopic (exact) mass is 385 g/mol. The quantitative estimate of drug-likeness (QED) is 0.481. The number of rotatable bonds is 10. The van der Waals surface area contributed by atoms with Gasteiger partial charge in [-0.1, -0.05) is 24.6 Å². The summed E-state index contributed by atoms with van der Waals surface area (Å²) in [6.45, 7) is 4.61. The van der Waals surface area contributed by atoms with Crippen molar-refractivity contribution in [1.82, 2.24) is 4.31 Å². The maximum absolute atomic E-state index is 12.9. The van der Waals surface area contributed by atoms with Crippen LogP contribution in [0.15, 0.2) is 29.2 Å². The number of esters is 1. The molecule has 1 aromatic carbocycles. The number of benzene rings is 1. The van der Waals surface area contributed by atoms with Crippen molar-refractivity contribution < 1.29 is 32.6 Å². The fourth-order valence-corrected chi connectivity index (χ4v) is 3.97. The van der Waals surface area contributed by atoms with Gasteiger partial charge in [-0.15, -0.1) is 0 Å². The van der Waals surface area contributed by atoms with E-state index in [0.29, 0.717) is 4.31 Å². The fourth-order valence-electron chi connectivity index (χ4n) is 2.54. The van der Waals surface area contributed by atoms with Gasteiger partial charge in [0.1, 0.15) is 6.10 Å². The van der Waals surface area contributed by atoms with Gasteiger partial charge in [-0.3, -0.25) is 14.4 Å². The summed E-state index contributed by atoms with van der Waals surface area (Å²) in [5.41, 5.74) is 0.843. The Morgan fingerprint density at radius 1 is 1.27 bits per heavy atom. The van der Waals surface area contributed by atoms with Crippen LogP contribution in [-0.4, -0.2) is 48.3 Å². The molecule has 0 bridgehead atoms. The molecule has 0 fully saturated rings. The van der Waals surface area contributed by atoms with Crippen LogP contribution in [0.3, 0.4) is 0 Å². The number of carboxylic acid groups (broad SMARTS) is 1. The van der Waals surface area contributed by atoms with E-state index >= 15 is 0 Å². The Balaban J connectivity index is 3.32. The van der Waals surface area contributed by atoms with Crippen molar-refractivity contribution in [3.8, 4) is 0 Å². The highest BCUT2D eigenvalue weighted by Gasteiger charge is 2.36. The lowest BCUT2D eigenvalue weighted by molar-refractivity contribution is -0.150. The predicted octanol–water partition coefficient (Wildman–Crippen LogP) is 1.72. The van der Waals surface area contributed by atoms with Crippen molar-refractivity contribution in [3.05, 3.63) is 29.8 Å². The maximum atomic E-state index is 12.9. The SMILES string of the molecule is CC[C@@H](OC(C)=O)[C@H](CCC(=O)O)N(C=O)S(=O)(=O)c1ccc(C)cc1. The molecule has 1 aromatic rings. The minimum absolute atomic E-state index is 0.104. The van der Waals surface area contributed by atoms with Crippen molar-refractivity contribution in [2.24, 2.45) is 0 Å². The molecular formula is C17H23NO7S. The topological polar surface area (TPSA) is 118 Å². The molecule has 144 valence electrons. The van der Waals surface area contributed by atoms with Crippen LogP contribution in [0.1, 0.15) is 38.7 Å². The van der Waals surface area contributed by atoms with Crippen LogP contribution in [0.25, 0.3) is 0 Å². The largest absolute Gasteiger partial charge is 0.481 e. The minimum atomic E-state index is -4.22. The van der Waals surface area contributed by atoms with Gasteiger partial charge in [-0.2, -0.15) is 0 Å². The van der Waals surface area contributed by atoms with Crippen LogP contribution in [-0.2, 0) is 29.1 Å². The van der Waals surface area contributed by atoms with E-state index in [2.05, 4.69) is 0 Å². The number of sulfonamides is 1. The number of carbonyl (C=O) groups excluding carboxylic acids is 2. The molecule has 0 aliphatic heterocycles. The molecule has 2 atom stereocenters. The molecule has 26 heavy (non-hydrogen) atoms. The van der Waals surface area contributed by atoms with Crippen molar-refractivity contribution in [2.45, 2.75) is 57.1 Å². The Bertz CT molecular complexity index is 743. The molecule has 1 rings (SSSR count). The average Bonchev–Trinajstić information content (AvgIpc) is 2.56. The summed E-state index contributed by atoms with van der Waals surface area (Å²) in [7, 11) is -4.22. The zero-order valence-corrected chi connectivity index (χ0v) is 15.7. The van der Waals surface area contributed by atoms with Crippen LogP contribution >= 0.6 is 0 Å². The number of amides is 1. The molecule has 0 radical (unpaired) electrons. The summed E-state index contributed by atoms with van der Waals surface area (Å²) in [4.78, 5) is 33.8. The lowest BCUT2D eigenvalue weighted by atomic mass is 10.0. The maximum Gasteiger partial charge on any atom is 0.303 e. The molecule has 0 spiro atoms. The first kappa shape index (κ1) is 21.6. The number of ether oxygens (including phenoxy) is 1. The molecule has 9 heteroatoms. The number of carboxylic acids is 1. The van der Waals surface area contributed by atoms with Crippen molar-refractivity contribution in [1.29, 1.82) is 0 Å². The summed E-state index contributed by atoms with van der Waals surface area (Å²) in [6.07, 6.45) is -1.15. The van der Waals surface area contributed by atoms with Crippen LogP contribution < -0.4 is 0 Å². The third kappa shape index (κ3) is 5.55. The number of hydrogen-bond acceptors (Lipinski definition) is 6. The highest BCUT2D eigenvalue weighted by Crippen LogP contribution is 2.24. The predicted molar refractivity (Wildman–Crippen MR) is 92.8 cm³/mol. The van der Waals surface area contributed by atoms with Gasteiger partial charge in [0.25, 0.3) is 10.0 Å². The second-order valence-electron chi connectivity index (χ2n) is 5.81. The molecule has 0 unspecified atom stereocenters. The van der Waals surface area contributed by atoms with E-state index in [1.807, 2.05) is 0 Å². The van der Waals surface area contributed by atoms with Gasteiger partial charge in [0, 0.05) is 13.3 Å². The summed E-state index contributed by atoms with van der Waals surface area (Å²) in [5.74, 6) is -1.79. The number of nitrogens with zero attached hydrogens (tertiary/aromatic N) is 1. The van der Waals surface area contributed by atoms with Crippen LogP contribution in [0, 0.1) is 6.92 Å². The highest BCUT2D eigenvalue weighted by molar-refractivity contribution is 7.89. The normalized spacial score (nSPS) is 13.5. The molecule has 8 nitrogen and oxygen atoms in total. The molecule has 1 N–H and O–H groups in total. The van der Waals surface area contributed by atoms with Gasteiger partial charge in [0.15, 0.2) is 0 Å². The summed E-state index contributed by atoms with van der Waals surface area (Å²) in [6, 6.07) is 4.78. The molecule has 0 aromatic heterocycles. The average molecular weight is 385 g/mol. The Morgan fingerprint density at radius 2 is 1.85 bits per heavy atom. The fraction of sp³-hybridized carbons (Fsp3) is 0.471. The second kappa shape index (κ2) is 9.33. The van der Waals surface area contributed by atoms with E-state index in [9.17, 15) is 22.8 Å². The number of hydrogen-bond donors (Lipinski definition) is 1. The van der Waals surface area contributed by atoms with Crippen molar-refractivity contribution >= 4 is 28.4 Å². The standard InChI is InChI=1S/C17H23NO7S/c1-4-16(25-13(3)20)15(9-10-17(21)22)18(11-19)26(23,24)14-7-5-12(2)6-8-14/h5-8,11,15-16H,4,9-10H2,1-3H3,(H,21,22)/t15-,16+/m0/s1. The van der Waals surface area contributed by atoms with Crippen LogP contribution in [0.4, 0.5) is 0 Å². The first-order chi connectivity index (χ1) is 12.1. The molecule has 0 saturated carbocycles. The van der Waals surface area contributed by atoms with Crippen molar-refractivity contribution in [3.63, 3.8) is 0 Å². The van der Waals surface area contributed by atoms with Gasteiger partial charge in [-0.05, 0) is 31.9 Å². The first-order valence-corrected chi connectivity index (χ1v) is 9.52. The van der Waals surface area contributed by atoms with Gasteiger partial charge in [-0.25, -0.2) is 12.7 Å². The minimum Gasteiger partial charge on any atom is -0.481 e. The Labute approximate surface area is 152 Å². The number of carbonyl (C=O) groups is 3. The van der Waals surface area contributed by atoms with E-state index in [1.165, 1.54) is 12.1 Å². The molecule has 0 saturated heterocycles. The second-order valence-corrected chi connectivity index (χ2v) is 7.65. The van der Waals surface area contributed by atoms with Gasteiger partial charge in [0.2, 0.25) is 6.41 Å². The molecule has 0 heterocycles. The Morgan fingerprint density at radius 3 is 2.27 bits per heavy atom. The van der Waals surface area contributed by atoms with Crippen LogP contribution in [0.2, 0.25) is 0 Å². The summed E-state index contributed by atoms with van der Waals surface area (Å²) >= 11 is 0. The van der Waals surface area contributed by atoms with Gasteiger partial charge < -0.3 is 9.84 Å². The highest BCUT2D eigenvalue weighted by atomic mass is 32.2. The van der Waals surface area contributed by atoms with Crippen LogP contribution in [0.5, 0.6) is 0 Å². The van der Waals surface area contributed by atoms with Crippen molar-refractivity contribution in [2.75, 3.05) is 0 Å². The Hall–Kier alpha value is -2.42. The van der Waals surface area contributed by atoms with E-state index < -0.39 is 34.1 Å². The molecule has 1 amide bonds. The van der Waals surface area contributed by atoms with Gasteiger partial charge in [0.05, 0.1) is 10.9 Å². The van der Waals surface area contributed by atoms with E-state index in [-0.39, 0.29) is 30.6 Å². The van der Waals surface area contributed by atoms with E-state index in [4.69, 9.17) is 9.84 Å². The summed E-state index contributed by atoms with van der Waals surface area (Å²) in [5, 5.41) is 8.94. The van der Waals surface area contributed by atoms with Gasteiger partial charge >= 0.3 is 11.9 Å².